The fourth-order valence-corrected chi connectivity index (χ4v) is 1.84. The molecule has 92 valence electrons. The molecule has 0 aromatic heterocycles. The van der Waals surface area contributed by atoms with E-state index in [2.05, 4.69) is 0 Å². The van der Waals surface area contributed by atoms with Gasteiger partial charge in [0.25, 0.3) is 0 Å². The van der Waals surface area contributed by atoms with Crippen LogP contribution in [0.3, 0.4) is 0 Å². The lowest BCUT2D eigenvalue weighted by atomic mass is 10.0. The van der Waals surface area contributed by atoms with Crippen molar-refractivity contribution in [1.82, 2.24) is 0 Å². The van der Waals surface area contributed by atoms with Crippen LogP contribution in [-0.2, 0) is 11.2 Å². The summed E-state index contributed by atoms with van der Waals surface area (Å²) in [5.41, 5.74) is 0.977. The molecule has 0 aliphatic carbocycles. The maximum atomic E-state index is 12.5. The van der Waals surface area contributed by atoms with Crippen molar-refractivity contribution in [1.29, 1.82) is 0 Å². The van der Waals surface area contributed by atoms with Crippen LogP contribution >= 0.6 is 0 Å². The molecule has 1 aromatic carbocycles. The minimum absolute atomic E-state index is 0.0885. The molecule has 0 N–H and O–H groups in total. The van der Waals surface area contributed by atoms with E-state index in [1.807, 2.05) is 30.3 Å². The summed E-state index contributed by atoms with van der Waals surface area (Å²) in [5.74, 6) is 0. The molecule has 0 bridgehead atoms. The lowest BCUT2D eigenvalue weighted by Gasteiger charge is -2.27. The molecule has 0 saturated heterocycles. The number of ether oxygens (including phenoxy) is 1. The van der Waals surface area contributed by atoms with Crippen LogP contribution in [0.2, 0.25) is 0 Å². The molecule has 1 aromatic rings. The number of benzene rings is 1. The van der Waals surface area contributed by atoms with Crippen LogP contribution in [0.15, 0.2) is 42.5 Å². The van der Waals surface area contributed by atoms with E-state index in [1.54, 1.807) is 12.2 Å². The number of hydrogen-bond donors (Lipinski definition) is 0. The first-order valence-corrected chi connectivity index (χ1v) is 5.48. The van der Waals surface area contributed by atoms with Crippen molar-refractivity contribution >= 4 is 0 Å². The number of rotatable bonds is 2. The Bertz CT molecular complexity index is 383. The molecule has 0 saturated carbocycles. The van der Waals surface area contributed by atoms with Crippen molar-refractivity contribution in [2.45, 2.75) is 31.2 Å². The van der Waals surface area contributed by atoms with Crippen molar-refractivity contribution in [3.8, 4) is 0 Å². The zero-order valence-electron chi connectivity index (χ0n) is 9.15. The van der Waals surface area contributed by atoms with Crippen LogP contribution in [0.25, 0.3) is 0 Å². The van der Waals surface area contributed by atoms with Gasteiger partial charge in [-0.3, -0.25) is 0 Å². The molecule has 4 heteroatoms. The fraction of sp³-hybridized carbons (Fsp3) is 0.385. The van der Waals surface area contributed by atoms with Gasteiger partial charge in [-0.15, -0.1) is 0 Å². The van der Waals surface area contributed by atoms with Gasteiger partial charge in [-0.05, 0) is 5.56 Å². The van der Waals surface area contributed by atoms with Crippen molar-refractivity contribution < 1.29 is 17.9 Å². The highest BCUT2D eigenvalue weighted by atomic mass is 19.4. The maximum absolute atomic E-state index is 12.5. The first-order chi connectivity index (χ1) is 8.05. The Hall–Kier alpha value is -1.29. The minimum Gasteiger partial charge on any atom is -0.361 e. The molecule has 0 unspecified atom stereocenters. The standard InChI is InChI=1S/C13H13F3O/c14-13(15,16)12-8-4-7-11(17-12)9-10-5-2-1-3-6-10/h1-7,11-12H,8-9H2/t11-,12+/m0/s1. The summed E-state index contributed by atoms with van der Waals surface area (Å²) in [4.78, 5) is 0. The monoisotopic (exact) mass is 242 g/mol. The molecule has 1 nitrogen and oxygen atoms in total. The van der Waals surface area contributed by atoms with Crippen LogP contribution in [-0.4, -0.2) is 18.4 Å². The molecule has 17 heavy (non-hydrogen) atoms. The highest BCUT2D eigenvalue weighted by Crippen LogP contribution is 2.30. The van der Waals surface area contributed by atoms with Gasteiger partial charge < -0.3 is 4.74 Å². The van der Waals surface area contributed by atoms with Crippen molar-refractivity contribution in [3.05, 3.63) is 48.0 Å². The minimum atomic E-state index is -4.28. The van der Waals surface area contributed by atoms with Gasteiger partial charge in [0.2, 0.25) is 0 Å². The SMILES string of the molecule is FC(F)(F)[C@H]1CC=C[C@@H](Cc2ccccc2)O1. The smallest absolute Gasteiger partial charge is 0.361 e. The molecule has 2 rings (SSSR count). The second-order valence-corrected chi connectivity index (χ2v) is 4.06. The molecular formula is C13H13F3O. The largest absolute Gasteiger partial charge is 0.414 e. The van der Waals surface area contributed by atoms with Gasteiger partial charge in [-0.2, -0.15) is 13.2 Å². The quantitative estimate of drug-likeness (QED) is 0.721. The van der Waals surface area contributed by atoms with Crippen molar-refractivity contribution in [3.63, 3.8) is 0 Å². The average molecular weight is 242 g/mol. The predicted octanol–water partition coefficient (Wildman–Crippen LogP) is 3.51. The summed E-state index contributed by atoms with van der Waals surface area (Å²) >= 11 is 0. The van der Waals surface area contributed by atoms with E-state index in [4.69, 9.17) is 4.74 Å². The van der Waals surface area contributed by atoms with Crippen LogP contribution in [0.5, 0.6) is 0 Å². The summed E-state index contributed by atoms with van der Waals surface area (Å²) < 4.78 is 42.5. The van der Waals surface area contributed by atoms with Gasteiger partial charge in [0.1, 0.15) is 0 Å². The summed E-state index contributed by atoms with van der Waals surface area (Å²) in [6.45, 7) is 0. The molecule has 0 fully saturated rings. The van der Waals surface area contributed by atoms with E-state index in [1.165, 1.54) is 0 Å². The van der Waals surface area contributed by atoms with E-state index < -0.39 is 18.4 Å². The summed E-state index contributed by atoms with van der Waals surface area (Å²) in [5, 5.41) is 0. The molecule has 0 spiro atoms. The van der Waals surface area contributed by atoms with Gasteiger partial charge in [-0.25, -0.2) is 0 Å². The number of alkyl halides is 3. The summed E-state index contributed by atoms with van der Waals surface area (Å²) in [6.07, 6.45) is -2.79. The second-order valence-electron chi connectivity index (χ2n) is 4.06. The van der Waals surface area contributed by atoms with Crippen LogP contribution < -0.4 is 0 Å². The topological polar surface area (TPSA) is 9.23 Å². The van der Waals surface area contributed by atoms with Crippen LogP contribution in [0, 0.1) is 0 Å². The molecule has 0 radical (unpaired) electrons. The van der Waals surface area contributed by atoms with E-state index in [-0.39, 0.29) is 6.42 Å². The second kappa shape index (κ2) is 4.92. The lowest BCUT2D eigenvalue weighted by molar-refractivity contribution is -0.229. The third-order valence-electron chi connectivity index (χ3n) is 2.68. The van der Waals surface area contributed by atoms with Gasteiger partial charge >= 0.3 is 6.18 Å². The average Bonchev–Trinajstić information content (AvgIpc) is 2.29. The summed E-state index contributed by atoms with van der Waals surface area (Å²) in [6, 6.07) is 9.37. The van der Waals surface area contributed by atoms with Gasteiger partial charge in [0.15, 0.2) is 6.10 Å². The van der Waals surface area contributed by atoms with E-state index >= 15 is 0 Å². The van der Waals surface area contributed by atoms with Gasteiger partial charge in [0.05, 0.1) is 6.10 Å². The third-order valence-corrected chi connectivity index (χ3v) is 2.68. The molecule has 1 aliphatic rings. The van der Waals surface area contributed by atoms with E-state index in [0.717, 1.165) is 5.56 Å². The number of halogens is 3. The fourth-order valence-electron chi connectivity index (χ4n) is 1.84. The molecule has 1 aliphatic heterocycles. The normalized spacial score (nSPS) is 24.9. The van der Waals surface area contributed by atoms with E-state index in [9.17, 15) is 13.2 Å². The van der Waals surface area contributed by atoms with Crippen LogP contribution in [0.1, 0.15) is 12.0 Å². The first-order valence-electron chi connectivity index (χ1n) is 5.48. The Kier molecular flexibility index (Phi) is 3.52. The Morgan fingerprint density at radius 2 is 1.88 bits per heavy atom. The lowest BCUT2D eigenvalue weighted by Crippen LogP contribution is -2.37. The van der Waals surface area contributed by atoms with Gasteiger partial charge in [-0.1, -0.05) is 42.5 Å². The predicted molar refractivity (Wildman–Crippen MR) is 58.6 cm³/mol. The number of hydrogen-bond acceptors (Lipinski definition) is 1. The Balaban J connectivity index is 1.99. The highest BCUT2D eigenvalue weighted by molar-refractivity contribution is 5.17. The Labute approximate surface area is 97.9 Å². The highest BCUT2D eigenvalue weighted by Gasteiger charge is 2.42. The molecule has 0 amide bonds. The Morgan fingerprint density at radius 3 is 2.53 bits per heavy atom. The van der Waals surface area contributed by atoms with Crippen LogP contribution in [0.4, 0.5) is 13.2 Å². The maximum Gasteiger partial charge on any atom is 0.414 e. The van der Waals surface area contributed by atoms with Gasteiger partial charge in [0, 0.05) is 12.8 Å². The first kappa shape index (κ1) is 12.2. The van der Waals surface area contributed by atoms with Crippen molar-refractivity contribution in [2.75, 3.05) is 0 Å². The Morgan fingerprint density at radius 1 is 1.18 bits per heavy atom. The van der Waals surface area contributed by atoms with E-state index in [0.29, 0.717) is 6.42 Å². The molecule has 1 heterocycles. The third kappa shape index (κ3) is 3.33. The zero-order valence-corrected chi connectivity index (χ0v) is 9.15. The molecular weight excluding hydrogens is 229 g/mol. The summed E-state index contributed by atoms with van der Waals surface area (Å²) in [7, 11) is 0. The van der Waals surface area contributed by atoms with Crippen molar-refractivity contribution in [2.24, 2.45) is 0 Å². The molecule has 2 atom stereocenters. The zero-order chi connectivity index (χ0) is 12.3.